The number of nitrogens with one attached hydrogen (secondary N) is 1. The number of hydrogen-bond acceptors (Lipinski definition) is 1. The Morgan fingerprint density at radius 2 is 1.00 bits per heavy atom. The molecule has 0 amide bonds. The molecule has 0 fully saturated rings. The molecule has 0 radical (unpaired) electrons. The van der Waals surface area contributed by atoms with Crippen LogP contribution in [0.2, 0.25) is 0 Å². The molecule has 0 aromatic heterocycles. The lowest BCUT2D eigenvalue weighted by Gasteiger charge is -2.07. The van der Waals surface area contributed by atoms with E-state index in [2.05, 4.69) is 66.0 Å². The third-order valence-electron chi connectivity index (χ3n) is 2.83. The van der Waals surface area contributed by atoms with Crippen LogP contribution in [0.15, 0.2) is 60.7 Å². The van der Waals surface area contributed by atoms with E-state index in [0.29, 0.717) is 0 Å². The summed E-state index contributed by atoms with van der Waals surface area (Å²) in [6.45, 7) is 4.05. The van der Waals surface area contributed by atoms with Crippen molar-refractivity contribution in [3.63, 3.8) is 0 Å². The van der Waals surface area contributed by atoms with E-state index in [-0.39, 0.29) is 0 Å². The minimum Gasteiger partial charge on any atom is -0.356 e. The van der Waals surface area contributed by atoms with Gasteiger partial charge in [0.05, 0.1) is 0 Å². The van der Waals surface area contributed by atoms with Crippen LogP contribution in [0.5, 0.6) is 0 Å². The van der Waals surface area contributed by atoms with E-state index < -0.39 is 0 Å². The standard InChI is InChI=1S/C18H19N/c1-3-5-15-7-11-17(12-8-15)19-18-13-9-16(6-4-2)10-14-18/h3-14,19H,1-2H3. The average Bonchev–Trinajstić information content (AvgIpc) is 2.44. The Hall–Kier alpha value is -2.28. The second kappa shape index (κ2) is 6.60. The number of benzene rings is 2. The van der Waals surface area contributed by atoms with Crippen molar-refractivity contribution in [2.24, 2.45) is 0 Å². The fourth-order valence-electron chi connectivity index (χ4n) is 1.91. The van der Waals surface area contributed by atoms with Crippen molar-refractivity contribution in [2.75, 3.05) is 5.32 Å². The molecular formula is C18H19N. The molecule has 0 aliphatic carbocycles. The van der Waals surface area contributed by atoms with Gasteiger partial charge in [0.25, 0.3) is 0 Å². The highest BCUT2D eigenvalue weighted by Gasteiger charge is 1.94. The highest BCUT2D eigenvalue weighted by molar-refractivity contribution is 5.64. The molecule has 1 N–H and O–H groups in total. The highest BCUT2D eigenvalue weighted by atomic mass is 14.9. The molecule has 0 spiro atoms. The Morgan fingerprint density at radius 1 is 0.632 bits per heavy atom. The zero-order chi connectivity index (χ0) is 13.5. The van der Waals surface area contributed by atoms with Crippen LogP contribution >= 0.6 is 0 Å². The van der Waals surface area contributed by atoms with Gasteiger partial charge in [-0.3, -0.25) is 0 Å². The maximum atomic E-state index is 3.39. The molecule has 19 heavy (non-hydrogen) atoms. The Morgan fingerprint density at radius 3 is 1.32 bits per heavy atom. The van der Waals surface area contributed by atoms with E-state index in [4.69, 9.17) is 0 Å². The van der Waals surface area contributed by atoms with Crippen molar-refractivity contribution < 1.29 is 0 Å². The van der Waals surface area contributed by atoms with Crippen molar-refractivity contribution in [2.45, 2.75) is 13.8 Å². The maximum Gasteiger partial charge on any atom is 0.0384 e. The SMILES string of the molecule is CC=Cc1ccc(Nc2ccc(C=CC)cc2)cc1. The van der Waals surface area contributed by atoms with Gasteiger partial charge in [0.15, 0.2) is 0 Å². The van der Waals surface area contributed by atoms with Crippen LogP contribution in [-0.2, 0) is 0 Å². The topological polar surface area (TPSA) is 12.0 Å². The summed E-state index contributed by atoms with van der Waals surface area (Å²) in [5.41, 5.74) is 4.65. The van der Waals surface area contributed by atoms with E-state index in [1.54, 1.807) is 0 Å². The zero-order valence-corrected chi connectivity index (χ0v) is 11.4. The lowest BCUT2D eigenvalue weighted by Crippen LogP contribution is -1.89. The Balaban J connectivity index is 2.07. The molecule has 0 atom stereocenters. The summed E-state index contributed by atoms with van der Waals surface area (Å²) in [6.07, 6.45) is 8.27. The number of anilines is 2. The first-order valence-electron chi connectivity index (χ1n) is 6.54. The van der Waals surface area contributed by atoms with Gasteiger partial charge < -0.3 is 5.32 Å². The normalized spacial score (nSPS) is 11.3. The molecule has 0 aliphatic rings. The van der Waals surface area contributed by atoms with Crippen LogP contribution in [0.1, 0.15) is 25.0 Å². The minimum atomic E-state index is 1.10. The lowest BCUT2D eigenvalue weighted by atomic mass is 10.1. The predicted molar refractivity (Wildman–Crippen MR) is 85.6 cm³/mol. The maximum absolute atomic E-state index is 3.39. The molecule has 0 aliphatic heterocycles. The summed E-state index contributed by atoms with van der Waals surface area (Å²) in [4.78, 5) is 0. The Bertz CT molecular complexity index is 506. The minimum absolute atomic E-state index is 1.10. The number of rotatable bonds is 4. The molecule has 0 saturated carbocycles. The third-order valence-corrected chi connectivity index (χ3v) is 2.83. The molecule has 2 aromatic rings. The van der Waals surface area contributed by atoms with Crippen LogP contribution in [0.4, 0.5) is 11.4 Å². The molecule has 0 saturated heterocycles. The Kier molecular flexibility index (Phi) is 4.57. The highest BCUT2D eigenvalue weighted by Crippen LogP contribution is 2.18. The molecule has 1 nitrogen and oxygen atoms in total. The monoisotopic (exact) mass is 249 g/mol. The molecular weight excluding hydrogens is 230 g/mol. The van der Waals surface area contributed by atoms with Crippen molar-refractivity contribution >= 4 is 23.5 Å². The summed E-state index contributed by atoms with van der Waals surface area (Å²) in [5.74, 6) is 0. The number of hydrogen-bond donors (Lipinski definition) is 1. The van der Waals surface area contributed by atoms with Crippen LogP contribution in [-0.4, -0.2) is 0 Å². The first-order chi connectivity index (χ1) is 9.31. The van der Waals surface area contributed by atoms with Gasteiger partial charge in [-0.25, -0.2) is 0 Å². The van der Waals surface area contributed by atoms with Crippen LogP contribution < -0.4 is 5.32 Å². The van der Waals surface area contributed by atoms with Crippen molar-refractivity contribution in [3.05, 3.63) is 71.8 Å². The molecule has 96 valence electrons. The van der Waals surface area contributed by atoms with Crippen LogP contribution in [0.25, 0.3) is 12.2 Å². The van der Waals surface area contributed by atoms with E-state index in [1.165, 1.54) is 11.1 Å². The molecule has 0 heterocycles. The zero-order valence-electron chi connectivity index (χ0n) is 11.4. The first kappa shape index (κ1) is 13.2. The fraction of sp³-hybridized carbons (Fsp3) is 0.111. The second-order valence-corrected chi connectivity index (χ2v) is 4.37. The summed E-state index contributed by atoms with van der Waals surface area (Å²) >= 11 is 0. The van der Waals surface area contributed by atoms with Gasteiger partial charge in [-0.05, 0) is 49.2 Å². The van der Waals surface area contributed by atoms with Crippen molar-refractivity contribution in [1.82, 2.24) is 0 Å². The van der Waals surface area contributed by atoms with Crippen LogP contribution in [0, 0.1) is 0 Å². The fourth-order valence-corrected chi connectivity index (χ4v) is 1.91. The van der Waals surface area contributed by atoms with Gasteiger partial charge in [0.2, 0.25) is 0 Å². The quantitative estimate of drug-likeness (QED) is 0.754. The summed E-state index contributed by atoms with van der Waals surface area (Å²) in [7, 11) is 0. The van der Waals surface area contributed by atoms with Gasteiger partial charge >= 0.3 is 0 Å². The Labute approximate surface area is 115 Å². The number of allylic oxidation sites excluding steroid dienone is 2. The summed E-state index contributed by atoms with van der Waals surface area (Å²) in [6, 6.07) is 16.8. The largest absolute Gasteiger partial charge is 0.356 e. The molecule has 0 bridgehead atoms. The van der Waals surface area contributed by atoms with Crippen LogP contribution in [0.3, 0.4) is 0 Å². The van der Waals surface area contributed by atoms with Gasteiger partial charge in [-0.1, -0.05) is 48.6 Å². The van der Waals surface area contributed by atoms with E-state index in [1.807, 2.05) is 26.0 Å². The van der Waals surface area contributed by atoms with E-state index >= 15 is 0 Å². The molecule has 1 heteroatoms. The summed E-state index contributed by atoms with van der Waals surface area (Å²) < 4.78 is 0. The van der Waals surface area contributed by atoms with Crippen molar-refractivity contribution in [3.8, 4) is 0 Å². The van der Waals surface area contributed by atoms with E-state index in [9.17, 15) is 0 Å². The first-order valence-corrected chi connectivity index (χ1v) is 6.54. The van der Waals surface area contributed by atoms with Gasteiger partial charge in [0, 0.05) is 11.4 Å². The third kappa shape index (κ3) is 3.85. The molecule has 0 unspecified atom stereocenters. The smallest absolute Gasteiger partial charge is 0.0384 e. The summed E-state index contributed by atoms with van der Waals surface area (Å²) in [5, 5.41) is 3.39. The van der Waals surface area contributed by atoms with Gasteiger partial charge in [-0.15, -0.1) is 0 Å². The second-order valence-electron chi connectivity index (χ2n) is 4.37. The molecule has 2 aromatic carbocycles. The lowest BCUT2D eigenvalue weighted by molar-refractivity contribution is 1.53. The van der Waals surface area contributed by atoms with Gasteiger partial charge in [0.1, 0.15) is 0 Å². The van der Waals surface area contributed by atoms with Crippen molar-refractivity contribution in [1.29, 1.82) is 0 Å². The van der Waals surface area contributed by atoms with Gasteiger partial charge in [-0.2, -0.15) is 0 Å². The average molecular weight is 249 g/mol. The predicted octanol–water partition coefficient (Wildman–Crippen LogP) is 5.50. The molecule has 2 rings (SSSR count). The van der Waals surface area contributed by atoms with E-state index in [0.717, 1.165) is 11.4 Å².